The lowest BCUT2D eigenvalue weighted by molar-refractivity contribution is -0.136. The first-order valence-electron chi connectivity index (χ1n) is 12.6. The molecule has 0 spiro atoms. The molecule has 4 aliphatic rings. The van der Waals surface area contributed by atoms with Crippen LogP contribution in [0, 0.1) is 46.3 Å². The molecule has 8 atom stereocenters. The largest absolute Gasteiger partial charge is 0.274 e. The number of carbonyl (C=O) groups excluding carboxylic acids is 1. The third-order valence-electron chi connectivity index (χ3n) is 10.5. The molecule has 0 bridgehead atoms. The lowest BCUT2D eigenvalue weighted by atomic mass is 9.42. The Morgan fingerprint density at radius 2 is 1.70 bits per heavy atom. The van der Waals surface area contributed by atoms with Crippen LogP contribution in [0.25, 0.3) is 0 Å². The molecule has 6 unspecified atom stereocenters. The van der Waals surface area contributed by atoms with E-state index in [2.05, 4.69) is 25.5 Å². The third kappa shape index (κ3) is 3.86. The standard InChI is InChI=1S/C25H43NO3S/c1-5-17-16-19-21-11-9-18(10-12-23(27)26-30(4,28)29)24(21,2)15-13-22(19)25(3)14-7-6-8-20(17)25/h17-22H,5-16H2,1-4H3,(H,26,27)/t17-,18?,19?,20?,21?,22-,24?,25?/m0/s1. The first kappa shape index (κ1) is 22.6. The monoisotopic (exact) mass is 437 g/mol. The summed E-state index contributed by atoms with van der Waals surface area (Å²) in [6.45, 7) is 7.58. The minimum atomic E-state index is -3.45. The van der Waals surface area contributed by atoms with Crippen LogP contribution in [0.2, 0.25) is 0 Å². The average molecular weight is 438 g/mol. The molecule has 1 amide bonds. The van der Waals surface area contributed by atoms with E-state index in [1.807, 2.05) is 0 Å². The maximum absolute atomic E-state index is 12.1. The van der Waals surface area contributed by atoms with E-state index in [0.29, 0.717) is 23.2 Å². The summed E-state index contributed by atoms with van der Waals surface area (Å²) in [5.41, 5.74) is 0.888. The highest BCUT2D eigenvalue weighted by Crippen LogP contribution is 2.69. The Labute approximate surface area is 184 Å². The van der Waals surface area contributed by atoms with Crippen molar-refractivity contribution in [1.82, 2.24) is 4.72 Å². The first-order chi connectivity index (χ1) is 14.1. The number of carbonyl (C=O) groups is 1. The number of rotatable bonds is 5. The Kier molecular flexibility index (Phi) is 6.09. The van der Waals surface area contributed by atoms with Crippen LogP contribution in [0.15, 0.2) is 0 Å². The van der Waals surface area contributed by atoms with E-state index in [1.54, 1.807) is 0 Å². The predicted molar refractivity (Wildman–Crippen MR) is 121 cm³/mol. The summed E-state index contributed by atoms with van der Waals surface area (Å²) in [5.74, 6) is 4.63. The summed E-state index contributed by atoms with van der Waals surface area (Å²) < 4.78 is 24.9. The molecule has 0 aromatic carbocycles. The fourth-order valence-electron chi connectivity index (χ4n) is 9.17. The number of fused-ring (bicyclic) bond motifs is 5. The van der Waals surface area contributed by atoms with E-state index in [0.717, 1.165) is 42.3 Å². The highest BCUT2D eigenvalue weighted by Gasteiger charge is 2.60. The molecule has 4 rings (SSSR count). The summed E-state index contributed by atoms with van der Waals surface area (Å²) in [6, 6.07) is 0. The molecule has 30 heavy (non-hydrogen) atoms. The second-order valence-electron chi connectivity index (χ2n) is 11.8. The molecule has 4 saturated carbocycles. The maximum atomic E-state index is 12.1. The van der Waals surface area contributed by atoms with Gasteiger partial charge in [0, 0.05) is 6.42 Å². The summed E-state index contributed by atoms with van der Waals surface area (Å²) >= 11 is 0. The van der Waals surface area contributed by atoms with Crippen LogP contribution in [-0.4, -0.2) is 20.6 Å². The van der Waals surface area contributed by atoms with Gasteiger partial charge in [0.05, 0.1) is 6.26 Å². The van der Waals surface area contributed by atoms with Gasteiger partial charge in [-0.25, -0.2) is 8.42 Å². The van der Waals surface area contributed by atoms with Gasteiger partial charge in [-0.3, -0.25) is 9.52 Å². The first-order valence-corrected chi connectivity index (χ1v) is 14.5. The molecule has 4 nitrogen and oxygen atoms in total. The van der Waals surface area contributed by atoms with Crippen molar-refractivity contribution < 1.29 is 13.2 Å². The van der Waals surface area contributed by atoms with E-state index in [9.17, 15) is 13.2 Å². The summed E-state index contributed by atoms with van der Waals surface area (Å²) in [7, 11) is -3.45. The predicted octanol–water partition coefficient (Wildman–Crippen LogP) is 5.53. The van der Waals surface area contributed by atoms with Crippen LogP contribution in [0.1, 0.15) is 97.8 Å². The van der Waals surface area contributed by atoms with Gasteiger partial charge in [0.2, 0.25) is 15.9 Å². The second kappa shape index (κ2) is 8.08. The molecule has 1 N–H and O–H groups in total. The Hall–Kier alpha value is -0.580. The smallest absolute Gasteiger partial charge is 0.233 e. The molecule has 4 fully saturated rings. The van der Waals surface area contributed by atoms with Crippen molar-refractivity contribution in [3.05, 3.63) is 0 Å². The number of amides is 1. The van der Waals surface area contributed by atoms with Gasteiger partial charge in [-0.15, -0.1) is 0 Å². The zero-order valence-electron chi connectivity index (χ0n) is 19.6. The summed E-state index contributed by atoms with van der Waals surface area (Å²) in [6.07, 6.45) is 16.0. The molecule has 172 valence electrons. The molecule has 5 heteroatoms. The van der Waals surface area contributed by atoms with Crippen molar-refractivity contribution in [3.63, 3.8) is 0 Å². The lowest BCUT2D eigenvalue weighted by Gasteiger charge is -2.62. The number of sulfonamides is 1. The zero-order valence-corrected chi connectivity index (χ0v) is 20.4. The van der Waals surface area contributed by atoms with Gasteiger partial charge in [0.15, 0.2) is 0 Å². The van der Waals surface area contributed by atoms with Crippen LogP contribution in [0.4, 0.5) is 0 Å². The van der Waals surface area contributed by atoms with Gasteiger partial charge in [-0.05, 0) is 97.7 Å². The van der Waals surface area contributed by atoms with Crippen molar-refractivity contribution in [1.29, 1.82) is 0 Å². The molecule has 0 heterocycles. The van der Waals surface area contributed by atoms with Gasteiger partial charge in [-0.2, -0.15) is 0 Å². The fraction of sp³-hybridized carbons (Fsp3) is 0.960. The molecule has 0 radical (unpaired) electrons. The van der Waals surface area contributed by atoms with Gasteiger partial charge in [0.1, 0.15) is 0 Å². The van der Waals surface area contributed by atoms with Gasteiger partial charge < -0.3 is 0 Å². The molecule has 0 aromatic heterocycles. The molecule has 0 aliphatic heterocycles. The Morgan fingerprint density at radius 1 is 0.967 bits per heavy atom. The van der Waals surface area contributed by atoms with Gasteiger partial charge >= 0.3 is 0 Å². The topological polar surface area (TPSA) is 63.2 Å². The van der Waals surface area contributed by atoms with Crippen LogP contribution in [-0.2, 0) is 14.8 Å². The summed E-state index contributed by atoms with van der Waals surface area (Å²) in [4.78, 5) is 12.1. The van der Waals surface area contributed by atoms with E-state index in [4.69, 9.17) is 0 Å². The van der Waals surface area contributed by atoms with Gasteiger partial charge in [-0.1, -0.05) is 40.0 Å². The SMILES string of the molecule is CC[C@H]1CC2C3CCC(CCC(=O)NS(C)(=O)=O)C3(C)CC[C@@H]2C2(C)CCCCC12. The third-order valence-corrected chi connectivity index (χ3v) is 11.1. The minimum absolute atomic E-state index is 0.334. The van der Waals surface area contributed by atoms with E-state index < -0.39 is 10.0 Å². The van der Waals surface area contributed by atoms with Crippen molar-refractivity contribution in [3.8, 4) is 0 Å². The molecule has 4 aliphatic carbocycles. The number of nitrogens with one attached hydrogen (secondary N) is 1. The lowest BCUT2D eigenvalue weighted by Crippen LogP contribution is -2.55. The quantitative estimate of drug-likeness (QED) is 0.615. The molecule has 0 aromatic rings. The van der Waals surface area contributed by atoms with E-state index in [1.165, 1.54) is 64.2 Å². The van der Waals surface area contributed by atoms with Crippen molar-refractivity contribution in [2.24, 2.45) is 46.3 Å². The van der Waals surface area contributed by atoms with Gasteiger partial charge in [0.25, 0.3) is 0 Å². The zero-order chi connectivity index (χ0) is 21.7. The van der Waals surface area contributed by atoms with Crippen LogP contribution < -0.4 is 4.72 Å². The van der Waals surface area contributed by atoms with Crippen molar-refractivity contribution >= 4 is 15.9 Å². The normalized spacial score (nSPS) is 45.9. The number of hydrogen-bond acceptors (Lipinski definition) is 3. The average Bonchev–Trinajstić information content (AvgIpc) is 3.00. The highest BCUT2D eigenvalue weighted by molar-refractivity contribution is 7.89. The van der Waals surface area contributed by atoms with Crippen LogP contribution in [0.3, 0.4) is 0 Å². The van der Waals surface area contributed by atoms with Crippen LogP contribution >= 0.6 is 0 Å². The fourth-order valence-corrected chi connectivity index (χ4v) is 9.68. The molecular formula is C25H43NO3S. The highest BCUT2D eigenvalue weighted by atomic mass is 32.2. The van der Waals surface area contributed by atoms with Crippen LogP contribution in [0.5, 0.6) is 0 Å². The molecule has 0 saturated heterocycles. The maximum Gasteiger partial charge on any atom is 0.233 e. The Balaban J connectivity index is 1.49. The number of hydrogen-bond donors (Lipinski definition) is 1. The second-order valence-corrected chi connectivity index (χ2v) is 13.5. The van der Waals surface area contributed by atoms with E-state index >= 15 is 0 Å². The summed E-state index contributed by atoms with van der Waals surface area (Å²) in [5, 5.41) is 0. The molecular weight excluding hydrogens is 394 g/mol. The Bertz CT molecular complexity index is 764. The van der Waals surface area contributed by atoms with Crippen molar-refractivity contribution in [2.75, 3.05) is 6.26 Å². The Morgan fingerprint density at radius 3 is 2.40 bits per heavy atom. The van der Waals surface area contributed by atoms with Crippen molar-refractivity contribution in [2.45, 2.75) is 97.8 Å². The van der Waals surface area contributed by atoms with E-state index in [-0.39, 0.29) is 5.91 Å². The minimum Gasteiger partial charge on any atom is -0.274 e.